The van der Waals surface area contributed by atoms with E-state index in [1.165, 1.54) is 12.2 Å². The van der Waals surface area contributed by atoms with Crippen molar-refractivity contribution in [2.24, 2.45) is 5.41 Å². The Kier molecular flexibility index (Phi) is 6.30. The van der Waals surface area contributed by atoms with Crippen LogP contribution in [0.5, 0.6) is 0 Å². The van der Waals surface area contributed by atoms with Crippen molar-refractivity contribution in [1.82, 2.24) is 19.8 Å². The molecule has 1 N–H and O–H groups in total. The quantitative estimate of drug-likeness (QED) is 0.688. The van der Waals surface area contributed by atoms with Crippen molar-refractivity contribution in [2.75, 3.05) is 20.4 Å². The Labute approximate surface area is 171 Å². The fourth-order valence-electron chi connectivity index (χ4n) is 4.04. The monoisotopic (exact) mass is 418 g/mol. The van der Waals surface area contributed by atoms with Gasteiger partial charge in [0, 0.05) is 31.0 Å². The number of carbonyl (C=O) groups is 1. The summed E-state index contributed by atoms with van der Waals surface area (Å²) < 4.78 is 26.0. The molecule has 0 aliphatic heterocycles. The predicted molar refractivity (Wildman–Crippen MR) is 109 cm³/mol. The SMILES string of the molecule is CON(C)C(=O)C1(Cc2cccc(-c3ncccn3)c2)CCC(NS(C)(=O)=O)C1. The Morgan fingerprint density at radius 3 is 2.69 bits per heavy atom. The Morgan fingerprint density at radius 2 is 2.03 bits per heavy atom. The van der Waals surface area contributed by atoms with Gasteiger partial charge in [-0.3, -0.25) is 9.63 Å². The van der Waals surface area contributed by atoms with Gasteiger partial charge in [0.25, 0.3) is 5.91 Å². The van der Waals surface area contributed by atoms with Crippen molar-refractivity contribution < 1.29 is 18.0 Å². The lowest BCUT2D eigenvalue weighted by molar-refractivity contribution is -0.180. The molecule has 0 spiro atoms. The van der Waals surface area contributed by atoms with Crippen LogP contribution in [0.1, 0.15) is 24.8 Å². The number of carbonyl (C=O) groups excluding carboxylic acids is 1. The first kappa shape index (κ1) is 21.4. The zero-order valence-electron chi connectivity index (χ0n) is 16.8. The summed E-state index contributed by atoms with van der Waals surface area (Å²) in [5, 5.41) is 1.23. The molecule has 0 bridgehead atoms. The van der Waals surface area contributed by atoms with E-state index in [1.54, 1.807) is 25.5 Å². The average molecular weight is 419 g/mol. The van der Waals surface area contributed by atoms with E-state index in [0.29, 0.717) is 31.5 Å². The number of nitrogens with zero attached hydrogens (tertiary/aromatic N) is 3. The highest BCUT2D eigenvalue weighted by molar-refractivity contribution is 7.88. The largest absolute Gasteiger partial charge is 0.275 e. The van der Waals surface area contributed by atoms with E-state index in [9.17, 15) is 13.2 Å². The fourth-order valence-corrected chi connectivity index (χ4v) is 4.84. The van der Waals surface area contributed by atoms with E-state index in [-0.39, 0.29) is 11.9 Å². The topological polar surface area (TPSA) is 101 Å². The van der Waals surface area contributed by atoms with Crippen molar-refractivity contribution in [1.29, 1.82) is 0 Å². The van der Waals surface area contributed by atoms with Gasteiger partial charge in [-0.15, -0.1) is 0 Å². The molecule has 29 heavy (non-hydrogen) atoms. The molecule has 1 fully saturated rings. The third-order valence-corrected chi connectivity index (χ3v) is 6.06. The summed E-state index contributed by atoms with van der Waals surface area (Å²) in [6.45, 7) is 0. The maximum atomic E-state index is 13.2. The van der Waals surface area contributed by atoms with E-state index in [4.69, 9.17) is 4.84 Å². The summed E-state index contributed by atoms with van der Waals surface area (Å²) in [5.41, 5.74) is 1.09. The van der Waals surface area contributed by atoms with Gasteiger partial charge < -0.3 is 0 Å². The number of hydroxylamine groups is 2. The van der Waals surface area contributed by atoms with Gasteiger partial charge in [-0.25, -0.2) is 28.2 Å². The van der Waals surface area contributed by atoms with E-state index >= 15 is 0 Å². The van der Waals surface area contributed by atoms with Crippen LogP contribution < -0.4 is 4.72 Å². The van der Waals surface area contributed by atoms with Gasteiger partial charge in [0.1, 0.15) is 0 Å². The molecule has 1 saturated carbocycles. The lowest BCUT2D eigenvalue weighted by atomic mass is 9.78. The normalized spacial score (nSPS) is 21.8. The Bertz CT molecular complexity index is 967. The van der Waals surface area contributed by atoms with Crippen molar-refractivity contribution in [3.63, 3.8) is 0 Å². The Balaban J connectivity index is 1.89. The molecule has 2 aromatic rings. The number of benzene rings is 1. The van der Waals surface area contributed by atoms with Crippen LogP contribution in [0.15, 0.2) is 42.7 Å². The van der Waals surface area contributed by atoms with E-state index in [1.807, 2.05) is 24.3 Å². The van der Waals surface area contributed by atoms with E-state index in [2.05, 4.69) is 14.7 Å². The highest BCUT2D eigenvalue weighted by Crippen LogP contribution is 2.43. The third kappa shape index (κ3) is 5.17. The Hall–Kier alpha value is -2.36. The zero-order chi connectivity index (χ0) is 21.1. The zero-order valence-corrected chi connectivity index (χ0v) is 17.6. The molecule has 0 saturated heterocycles. The molecule has 1 aromatic heterocycles. The first-order chi connectivity index (χ1) is 13.7. The van der Waals surface area contributed by atoms with E-state index < -0.39 is 15.4 Å². The molecule has 1 amide bonds. The summed E-state index contributed by atoms with van der Waals surface area (Å²) in [4.78, 5) is 26.9. The van der Waals surface area contributed by atoms with Crippen molar-refractivity contribution in [3.8, 4) is 11.4 Å². The minimum Gasteiger partial charge on any atom is -0.275 e. The van der Waals surface area contributed by atoms with Gasteiger partial charge in [0.15, 0.2) is 5.82 Å². The van der Waals surface area contributed by atoms with Crippen LogP contribution in [0.3, 0.4) is 0 Å². The van der Waals surface area contributed by atoms with Gasteiger partial charge in [-0.2, -0.15) is 0 Å². The van der Waals surface area contributed by atoms with Crippen LogP contribution in [0.2, 0.25) is 0 Å². The van der Waals surface area contributed by atoms with Crippen LogP contribution in [0, 0.1) is 5.41 Å². The molecular weight excluding hydrogens is 392 g/mol. The second kappa shape index (κ2) is 8.56. The summed E-state index contributed by atoms with van der Waals surface area (Å²) >= 11 is 0. The summed E-state index contributed by atoms with van der Waals surface area (Å²) in [6, 6.07) is 9.27. The molecule has 2 unspecified atom stereocenters. The number of nitrogens with one attached hydrogen (secondary N) is 1. The molecular formula is C20H26N4O4S. The number of hydrogen-bond acceptors (Lipinski definition) is 6. The minimum atomic E-state index is -3.35. The van der Waals surface area contributed by atoms with Gasteiger partial charge >= 0.3 is 0 Å². The Morgan fingerprint density at radius 1 is 1.31 bits per heavy atom. The van der Waals surface area contributed by atoms with Gasteiger partial charge in [0.05, 0.1) is 18.8 Å². The number of aromatic nitrogens is 2. The van der Waals surface area contributed by atoms with Crippen LogP contribution in [-0.2, 0) is 26.1 Å². The molecule has 1 heterocycles. The summed E-state index contributed by atoms with van der Waals surface area (Å²) in [6.07, 6.45) is 6.56. The summed E-state index contributed by atoms with van der Waals surface area (Å²) in [7, 11) is -0.324. The number of hydrogen-bond donors (Lipinski definition) is 1. The molecule has 1 aliphatic rings. The molecule has 8 nitrogen and oxygen atoms in total. The highest BCUT2D eigenvalue weighted by atomic mass is 32.2. The lowest BCUT2D eigenvalue weighted by Gasteiger charge is -2.31. The maximum absolute atomic E-state index is 13.2. The van der Waals surface area contributed by atoms with Crippen molar-refractivity contribution in [2.45, 2.75) is 31.7 Å². The first-order valence-corrected chi connectivity index (χ1v) is 11.3. The number of sulfonamides is 1. The maximum Gasteiger partial charge on any atom is 0.252 e. The fraction of sp³-hybridized carbons (Fsp3) is 0.450. The number of rotatable bonds is 7. The molecule has 9 heteroatoms. The standard InChI is InChI=1S/C20H26N4O4S/c1-24(28-2)19(25)20(9-8-17(14-20)23-29(3,26)27)13-15-6-4-7-16(12-15)18-21-10-5-11-22-18/h4-7,10-12,17,23H,8-9,13-14H2,1-3H3. The molecule has 3 rings (SSSR count). The molecule has 1 aromatic carbocycles. The average Bonchev–Trinajstić information content (AvgIpc) is 3.09. The van der Waals surface area contributed by atoms with Gasteiger partial charge in [-0.1, -0.05) is 18.2 Å². The third-order valence-electron chi connectivity index (χ3n) is 5.30. The van der Waals surface area contributed by atoms with E-state index in [0.717, 1.165) is 17.4 Å². The van der Waals surface area contributed by atoms with Crippen molar-refractivity contribution >= 4 is 15.9 Å². The summed E-state index contributed by atoms with van der Waals surface area (Å²) in [5.74, 6) is 0.464. The van der Waals surface area contributed by atoms with Gasteiger partial charge in [0.2, 0.25) is 10.0 Å². The van der Waals surface area contributed by atoms with Crippen LogP contribution in [0.25, 0.3) is 11.4 Å². The van der Waals surface area contributed by atoms with Crippen LogP contribution >= 0.6 is 0 Å². The molecule has 2 atom stereocenters. The molecule has 1 aliphatic carbocycles. The van der Waals surface area contributed by atoms with Crippen LogP contribution in [0.4, 0.5) is 0 Å². The lowest BCUT2D eigenvalue weighted by Crippen LogP contribution is -2.43. The second-order valence-electron chi connectivity index (χ2n) is 7.54. The van der Waals surface area contributed by atoms with Gasteiger partial charge in [-0.05, 0) is 43.4 Å². The second-order valence-corrected chi connectivity index (χ2v) is 9.32. The van der Waals surface area contributed by atoms with Crippen LogP contribution in [-0.4, -0.2) is 55.8 Å². The minimum absolute atomic E-state index is 0.154. The first-order valence-electron chi connectivity index (χ1n) is 9.38. The smallest absolute Gasteiger partial charge is 0.252 e. The molecule has 156 valence electrons. The predicted octanol–water partition coefficient (Wildman–Crippen LogP) is 1.79. The highest BCUT2D eigenvalue weighted by Gasteiger charge is 2.47. The number of amides is 1. The molecule has 0 radical (unpaired) electrons. The van der Waals surface area contributed by atoms with Crippen molar-refractivity contribution in [3.05, 3.63) is 48.3 Å².